The van der Waals surface area contributed by atoms with Gasteiger partial charge in [0.05, 0.1) is 10.4 Å². The van der Waals surface area contributed by atoms with Gasteiger partial charge in [-0.15, -0.1) is 11.3 Å². The van der Waals surface area contributed by atoms with Gasteiger partial charge in [0.25, 0.3) is 0 Å². The minimum Gasteiger partial charge on any atom is -0.306 e. The van der Waals surface area contributed by atoms with E-state index >= 15 is 0 Å². The molecule has 1 heterocycles. The molecule has 2 aromatic carbocycles. The number of nitrogens with one attached hydrogen (secondary N) is 1. The van der Waals surface area contributed by atoms with Crippen LogP contribution >= 0.6 is 11.3 Å². The van der Waals surface area contributed by atoms with Crippen LogP contribution in [0.2, 0.25) is 0 Å². The summed E-state index contributed by atoms with van der Waals surface area (Å²) in [7, 11) is 0. The van der Waals surface area contributed by atoms with E-state index in [0.29, 0.717) is 13.1 Å². The molecule has 3 aromatic rings. The Bertz CT molecular complexity index is 838. The molecular formula is C19H17F3N2S. The Labute approximate surface area is 148 Å². The SMILES string of the molecule is Cc1cccc(-c2cnc(CNCc3ccc(C(F)(F)F)cc3)s2)c1. The molecule has 0 atom stereocenters. The van der Waals surface area contributed by atoms with Crippen LogP contribution in [0.3, 0.4) is 0 Å². The first-order valence-corrected chi connectivity index (χ1v) is 8.62. The number of nitrogens with zero attached hydrogens (tertiary/aromatic N) is 1. The second kappa shape index (κ2) is 7.37. The van der Waals surface area contributed by atoms with Gasteiger partial charge in [0, 0.05) is 19.3 Å². The van der Waals surface area contributed by atoms with Gasteiger partial charge in [-0.05, 0) is 30.2 Å². The standard InChI is InChI=1S/C19H17F3N2S/c1-13-3-2-4-15(9-13)17-11-24-18(25-17)12-23-10-14-5-7-16(8-6-14)19(20,21)22/h2-9,11,23H,10,12H2,1H3. The lowest BCUT2D eigenvalue weighted by atomic mass is 10.1. The summed E-state index contributed by atoms with van der Waals surface area (Å²) >= 11 is 1.61. The first-order chi connectivity index (χ1) is 11.9. The molecule has 2 nitrogen and oxygen atoms in total. The fourth-order valence-corrected chi connectivity index (χ4v) is 3.33. The van der Waals surface area contributed by atoms with Crippen LogP contribution in [0, 0.1) is 6.92 Å². The molecule has 0 unspecified atom stereocenters. The molecular weight excluding hydrogens is 345 g/mol. The van der Waals surface area contributed by atoms with Crippen molar-refractivity contribution in [3.8, 4) is 10.4 Å². The van der Waals surface area contributed by atoms with Crippen LogP contribution in [0.5, 0.6) is 0 Å². The van der Waals surface area contributed by atoms with E-state index in [1.165, 1.54) is 17.7 Å². The van der Waals surface area contributed by atoms with Crippen LogP contribution in [0.4, 0.5) is 13.2 Å². The van der Waals surface area contributed by atoms with Crippen LogP contribution in [-0.4, -0.2) is 4.98 Å². The number of hydrogen-bond donors (Lipinski definition) is 1. The normalized spacial score (nSPS) is 11.7. The molecule has 6 heteroatoms. The van der Waals surface area contributed by atoms with Crippen molar-refractivity contribution in [2.24, 2.45) is 0 Å². The van der Waals surface area contributed by atoms with Crippen molar-refractivity contribution in [3.63, 3.8) is 0 Å². The number of aromatic nitrogens is 1. The van der Waals surface area contributed by atoms with Crippen molar-refractivity contribution in [1.82, 2.24) is 10.3 Å². The molecule has 0 radical (unpaired) electrons. The van der Waals surface area contributed by atoms with E-state index in [2.05, 4.69) is 35.4 Å². The highest BCUT2D eigenvalue weighted by Crippen LogP contribution is 2.29. The van der Waals surface area contributed by atoms with Gasteiger partial charge in [-0.2, -0.15) is 13.2 Å². The van der Waals surface area contributed by atoms with E-state index in [-0.39, 0.29) is 0 Å². The monoisotopic (exact) mass is 362 g/mol. The zero-order valence-corrected chi connectivity index (χ0v) is 14.4. The number of thiazole rings is 1. The number of aryl methyl sites for hydroxylation is 1. The van der Waals surface area contributed by atoms with Crippen molar-refractivity contribution in [3.05, 3.63) is 76.4 Å². The maximum absolute atomic E-state index is 12.5. The lowest BCUT2D eigenvalue weighted by molar-refractivity contribution is -0.137. The average Bonchev–Trinajstić information content (AvgIpc) is 3.03. The third kappa shape index (κ3) is 4.67. The second-order valence-electron chi connectivity index (χ2n) is 5.79. The molecule has 3 rings (SSSR count). The molecule has 0 bridgehead atoms. The van der Waals surface area contributed by atoms with Crippen LogP contribution in [-0.2, 0) is 19.3 Å². The van der Waals surface area contributed by atoms with Gasteiger partial charge < -0.3 is 5.32 Å². The fraction of sp³-hybridized carbons (Fsp3) is 0.211. The molecule has 0 saturated heterocycles. The maximum atomic E-state index is 12.5. The van der Waals surface area contributed by atoms with Gasteiger partial charge >= 0.3 is 6.18 Å². The highest BCUT2D eigenvalue weighted by Gasteiger charge is 2.29. The Morgan fingerprint density at radius 2 is 1.80 bits per heavy atom. The highest BCUT2D eigenvalue weighted by molar-refractivity contribution is 7.15. The van der Waals surface area contributed by atoms with Gasteiger partial charge in [-0.3, -0.25) is 0 Å². The topological polar surface area (TPSA) is 24.9 Å². The number of benzene rings is 2. The molecule has 0 saturated carbocycles. The van der Waals surface area contributed by atoms with Crippen molar-refractivity contribution in [1.29, 1.82) is 0 Å². The summed E-state index contributed by atoms with van der Waals surface area (Å²) in [4.78, 5) is 5.51. The zero-order valence-electron chi connectivity index (χ0n) is 13.6. The molecule has 25 heavy (non-hydrogen) atoms. The van der Waals surface area contributed by atoms with Gasteiger partial charge in [0.1, 0.15) is 5.01 Å². The smallest absolute Gasteiger partial charge is 0.306 e. The molecule has 0 amide bonds. The summed E-state index contributed by atoms with van der Waals surface area (Å²) in [6.45, 7) is 3.13. The molecule has 130 valence electrons. The van der Waals surface area contributed by atoms with E-state index in [1.54, 1.807) is 11.3 Å². The van der Waals surface area contributed by atoms with Crippen molar-refractivity contribution >= 4 is 11.3 Å². The summed E-state index contributed by atoms with van der Waals surface area (Å²) in [6, 6.07) is 13.5. The first kappa shape index (κ1) is 17.6. The first-order valence-electron chi connectivity index (χ1n) is 7.80. The molecule has 1 N–H and O–H groups in total. The number of alkyl halides is 3. The van der Waals surface area contributed by atoms with Crippen LogP contribution in [0.1, 0.15) is 21.7 Å². The van der Waals surface area contributed by atoms with Gasteiger partial charge in [-0.25, -0.2) is 4.98 Å². The Morgan fingerprint density at radius 1 is 1.04 bits per heavy atom. The molecule has 1 aromatic heterocycles. The third-order valence-electron chi connectivity index (χ3n) is 3.74. The van der Waals surface area contributed by atoms with E-state index in [1.807, 2.05) is 12.3 Å². The Balaban J connectivity index is 1.56. The van der Waals surface area contributed by atoms with Gasteiger partial charge in [-0.1, -0.05) is 42.0 Å². The summed E-state index contributed by atoms with van der Waals surface area (Å²) < 4.78 is 37.6. The Hall–Kier alpha value is -2.18. The Morgan fingerprint density at radius 3 is 2.48 bits per heavy atom. The third-order valence-corrected chi connectivity index (χ3v) is 4.79. The molecule has 0 aliphatic rings. The van der Waals surface area contributed by atoms with E-state index in [0.717, 1.165) is 33.1 Å². The second-order valence-corrected chi connectivity index (χ2v) is 6.90. The Kier molecular flexibility index (Phi) is 5.20. The summed E-state index contributed by atoms with van der Waals surface area (Å²) in [6.07, 6.45) is -2.44. The summed E-state index contributed by atoms with van der Waals surface area (Å²) in [5, 5.41) is 4.17. The predicted octanol–water partition coefficient (Wildman–Crippen LogP) is 5.43. The number of halogens is 3. The van der Waals surface area contributed by atoms with E-state index in [4.69, 9.17) is 0 Å². The predicted molar refractivity (Wildman–Crippen MR) is 94.3 cm³/mol. The molecule has 0 fully saturated rings. The van der Waals surface area contributed by atoms with Crippen molar-refractivity contribution < 1.29 is 13.2 Å². The van der Waals surface area contributed by atoms with Crippen LogP contribution in [0.15, 0.2) is 54.7 Å². The van der Waals surface area contributed by atoms with Crippen molar-refractivity contribution in [2.75, 3.05) is 0 Å². The lowest BCUT2D eigenvalue weighted by Gasteiger charge is -2.08. The summed E-state index contributed by atoms with van der Waals surface area (Å²) in [5.74, 6) is 0. The summed E-state index contributed by atoms with van der Waals surface area (Å²) in [5.41, 5.74) is 2.53. The molecule has 0 aliphatic heterocycles. The molecule has 0 spiro atoms. The quantitative estimate of drug-likeness (QED) is 0.655. The minimum atomic E-state index is -4.29. The van der Waals surface area contributed by atoms with Crippen LogP contribution < -0.4 is 5.32 Å². The maximum Gasteiger partial charge on any atom is 0.416 e. The number of hydrogen-bond acceptors (Lipinski definition) is 3. The fourth-order valence-electron chi connectivity index (χ4n) is 2.45. The molecule has 0 aliphatic carbocycles. The average molecular weight is 362 g/mol. The number of rotatable bonds is 5. The van der Waals surface area contributed by atoms with Crippen LogP contribution in [0.25, 0.3) is 10.4 Å². The highest BCUT2D eigenvalue weighted by atomic mass is 32.1. The van der Waals surface area contributed by atoms with E-state index < -0.39 is 11.7 Å². The lowest BCUT2D eigenvalue weighted by Crippen LogP contribution is -2.12. The van der Waals surface area contributed by atoms with E-state index in [9.17, 15) is 13.2 Å². The van der Waals surface area contributed by atoms with Crippen molar-refractivity contribution in [2.45, 2.75) is 26.2 Å². The largest absolute Gasteiger partial charge is 0.416 e. The van der Waals surface area contributed by atoms with Gasteiger partial charge in [0.2, 0.25) is 0 Å². The minimum absolute atomic E-state index is 0.498. The zero-order chi connectivity index (χ0) is 17.9. The van der Waals surface area contributed by atoms with Gasteiger partial charge in [0.15, 0.2) is 0 Å².